The third-order valence-electron chi connectivity index (χ3n) is 5.21. The molecule has 2 heteroatoms. The summed E-state index contributed by atoms with van der Waals surface area (Å²) in [5.41, 5.74) is 7.69. The molecule has 0 aliphatic heterocycles. The molecule has 0 bridgehead atoms. The first-order chi connectivity index (χ1) is 18.9. The Morgan fingerprint density at radius 1 is 0.872 bits per heavy atom. The first-order valence-corrected chi connectivity index (χ1v) is 13.7. The second-order valence-electron chi connectivity index (χ2n) is 8.49. The van der Waals surface area contributed by atoms with Crippen molar-refractivity contribution in [3.8, 4) is 12.3 Å². The van der Waals surface area contributed by atoms with E-state index in [0.717, 1.165) is 11.8 Å². The van der Waals surface area contributed by atoms with Crippen molar-refractivity contribution in [3.63, 3.8) is 0 Å². The summed E-state index contributed by atoms with van der Waals surface area (Å²) in [6.45, 7) is 16.1. The van der Waals surface area contributed by atoms with Crippen LogP contribution in [0.15, 0.2) is 84.9 Å². The van der Waals surface area contributed by atoms with E-state index in [1.807, 2.05) is 51.0 Å². The van der Waals surface area contributed by atoms with Crippen LogP contribution in [0.4, 0.5) is 0 Å². The number of rotatable bonds is 3. The molecule has 0 spiro atoms. The Balaban J connectivity index is 0. The van der Waals surface area contributed by atoms with Crippen molar-refractivity contribution in [1.82, 2.24) is 0 Å². The summed E-state index contributed by atoms with van der Waals surface area (Å²) >= 11 is 0. The highest BCUT2D eigenvalue weighted by Crippen LogP contribution is 2.29. The van der Waals surface area contributed by atoms with Crippen LogP contribution < -0.4 is 0 Å². The zero-order valence-corrected chi connectivity index (χ0v) is 25.1. The second-order valence-corrected chi connectivity index (χ2v) is 8.49. The van der Waals surface area contributed by atoms with Crippen LogP contribution in [-0.2, 0) is 9.59 Å². The molecule has 1 unspecified atom stereocenters. The Morgan fingerprint density at radius 2 is 1.31 bits per heavy atom. The summed E-state index contributed by atoms with van der Waals surface area (Å²) in [5.74, 6) is 3.25. The van der Waals surface area contributed by atoms with Gasteiger partial charge in [-0.1, -0.05) is 118 Å². The van der Waals surface area contributed by atoms with Crippen LogP contribution in [0.5, 0.6) is 0 Å². The van der Waals surface area contributed by atoms with Crippen LogP contribution in [0.2, 0.25) is 0 Å². The average Bonchev–Trinajstić information content (AvgIpc) is 3.90. The van der Waals surface area contributed by atoms with Crippen molar-refractivity contribution in [2.45, 2.75) is 73.6 Å². The summed E-state index contributed by atoms with van der Waals surface area (Å²) in [6, 6.07) is 27.1. The summed E-state index contributed by atoms with van der Waals surface area (Å²) in [7, 11) is 0. The van der Waals surface area contributed by atoms with Gasteiger partial charge in [0.05, 0.1) is 0 Å². The number of carbonyl (C=O) groups is 2. The van der Waals surface area contributed by atoms with E-state index in [2.05, 4.69) is 101 Å². The molecular weight excluding hydrogens is 476 g/mol. The van der Waals surface area contributed by atoms with E-state index in [9.17, 15) is 0 Å². The number of benzene rings is 3. The van der Waals surface area contributed by atoms with Gasteiger partial charge < -0.3 is 9.59 Å². The van der Waals surface area contributed by atoms with Crippen LogP contribution in [0.3, 0.4) is 0 Å². The smallest absolute Gasteiger partial charge is 0.116 e. The van der Waals surface area contributed by atoms with Gasteiger partial charge >= 0.3 is 0 Å². The lowest BCUT2D eigenvalue weighted by atomic mass is 9.98. The van der Waals surface area contributed by atoms with E-state index >= 15 is 0 Å². The number of aryl methyl sites for hydroxylation is 2. The molecule has 3 aromatic rings. The molecule has 0 N–H and O–H groups in total. The maximum absolute atomic E-state index is 8.81. The number of hydrogen-bond acceptors (Lipinski definition) is 2. The highest BCUT2D eigenvalue weighted by molar-refractivity contribution is 5.87. The van der Waals surface area contributed by atoms with Crippen LogP contribution in [-0.4, -0.2) is 13.1 Å². The zero-order valence-electron chi connectivity index (χ0n) is 25.1. The molecule has 3 aromatic carbocycles. The van der Waals surface area contributed by atoms with Gasteiger partial charge in [-0.25, -0.2) is 0 Å². The minimum absolute atomic E-state index is 0.636. The SMILES string of the molecule is C#Cc1ccc(C(C)CC)cc1.C=O.CC.CC=O.Cc1ccc(C2=C[CH]2)cc1.Cc1ccccc1.[CH]1CC1. The summed E-state index contributed by atoms with van der Waals surface area (Å²) in [4.78, 5) is 16.8. The predicted octanol–water partition coefficient (Wildman–Crippen LogP) is 9.80. The molecule has 0 aromatic heterocycles. The Bertz CT molecular complexity index is 1030. The first kappa shape index (κ1) is 37.5. The van der Waals surface area contributed by atoms with Crippen molar-refractivity contribution < 1.29 is 9.59 Å². The standard InChI is InChI=1S/C12H14.C10H9.C7H8.C3H5.C2H4O.C2H6.CH2O/c1-4-10(3)12-8-6-11(5-2)7-9-12;1-8-2-4-9(5-3-8)10-6-7-10;1-7-5-3-2-4-6-7;1-2-3-1;1-2-3;2*1-2/h2,6-10H,4H2,1,3H3;2-7H,1H3;2-6H,1H3;1H,2-3H2;2H,1H3;1-2H3;1H2. The maximum Gasteiger partial charge on any atom is 0.116 e. The Labute approximate surface area is 239 Å². The monoisotopic (exact) mass is 524 g/mol. The molecule has 39 heavy (non-hydrogen) atoms. The molecule has 2 aliphatic carbocycles. The van der Waals surface area contributed by atoms with Crippen molar-refractivity contribution in [2.75, 3.05) is 0 Å². The van der Waals surface area contributed by atoms with Gasteiger partial charge in [0.25, 0.3) is 0 Å². The highest BCUT2D eigenvalue weighted by atomic mass is 16.1. The van der Waals surface area contributed by atoms with Crippen LogP contribution in [0.25, 0.3) is 5.57 Å². The quantitative estimate of drug-likeness (QED) is 0.252. The van der Waals surface area contributed by atoms with Gasteiger partial charge in [-0.05, 0) is 81.2 Å². The molecular formula is C37H48O2. The normalized spacial score (nSPS) is 11.5. The molecule has 1 fully saturated rings. The molecule has 1 saturated carbocycles. The lowest BCUT2D eigenvalue weighted by Crippen LogP contribution is -1.90. The minimum Gasteiger partial charge on any atom is -0.307 e. The largest absolute Gasteiger partial charge is 0.307 e. The van der Waals surface area contributed by atoms with Gasteiger partial charge in [-0.2, -0.15) is 0 Å². The number of terminal acetylenes is 1. The molecule has 1 atom stereocenters. The van der Waals surface area contributed by atoms with Gasteiger partial charge in [-0.3, -0.25) is 0 Å². The Kier molecular flexibility index (Phi) is 24.9. The van der Waals surface area contributed by atoms with E-state index in [4.69, 9.17) is 16.0 Å². The van der Waals surface area contributed by atoms with Crippen molar-refractivity contribution in [3.05, 3.63) is 126 Å². The number of allylic oxidation sites excluding steroid dienone is 2. The van der Waals surface area contributed by atoms with Crippen LogP contribution in [0.1, 0.15) is 87.6 Å². The second kappa shape index (κ2) is 25.9. The molecule has 0 saturated heterocycles. The van der Waals surface area contributed by atoms with E-state index in [-0.39, 0.29) is 0 Å². The van der Waals surface area contributed by atoms with E-state index in [1.54, 1.807) is 0 Å². The lowest BCUT2D eigenvalue weighted by molar-refractivity contribution is -0.106. The van der Waals surface area contributed by atoms with Gasteiger partial charge in [-0.15, -0.1) is 6.42 Å². The van der Waals surface area contributed by atoms with E-state index in [0.29, 0.717) is 5.92 Å². The molecule has 0 amide bonds. The van der Waals surface area contributed by atoms with Gasteiger partial charge in [0.15, 0.2) is 0 Å². The van der Waals surface area contributed by atoms with Crippen molar-refractivity contribution in [1.29, 1.82) is 0 Å². The fraction of sp³-hybridized carbons (Fsp3) is 0.297. The fourth-order valence-corrected chi connectivity index (χ4v) is 2.66. The van der Waals surface area contributed by atoms with Crippen molar-refractivity contribution >= 4 is 18.6 Å². The number of hydrogen-bond donors (Lipinski definition) is 0. The number of aldehydes is 1. The molecule has 208 valence electrons. The van der Waals surface area contributed by atoms with Crippen LogP contribution in [0, 0.1) is 39.0 Å². The van der Waals surface area contributed by atoms with E-state index < -0.39 is 0 Å². The maximum atomic E-state index is 8.81. The molecule has 5 rings (SSSR count). The Morgan fingerprint density at radius 3 is 1.62 bits per heavy atom. The van der Waals surface area contributed by atoms with Crippen LogP contribution >= 0.6 is 0 Å². The molecule has 2 aliphatic rings. The average molecular weight is 525 g/mol. The Hall–Kier alpha value is -3.70. The number of carbonyl (C=O) groups excluding carboxylic acids is 2. The molecule has 2 radical (unpaired) electrons. The molecule has 0 heterocycles. The van der Waals surface area contributed by atoms with Crippen molar-refractivity contribution in [2.24, 2.45) is 0 Å². The topological polar surface area (TPSA) is 34.1 Å². The summed E-state index contributed by atoms with van der Waals surface area (Å²) < 4.78 is 0. The minimum atomic E-state index is 0.636. The van der Waals surface area contributed by atoms with E-state index in [1.165, 1.54) is 54.0 Å². The van der Waals surface area contributed by atoms with Gasteiger partial charge in [0.2, 0.25) is 0 Å². The molecule has 2 nitrogen and oxygen atoms in total. The van der Waals surface area contributed by atoms with Gasteiger partial charge in [0.1, 0.15) is 13.1 Å². The third kappa shape index (κ3) is 22.0. The lowest BCUT2D eigenvalue weighted by Gasteiger charge is -2.07. The predicted molar refractivity (Wildman–Crippen MR) is 171 cm³/mol. The summed E-state index contributed by atoms with van der Waals surface area (Å²) in [5, 5.41) is 0. The highest BCUT2D eigenvalue weighted by Gasteiger charge is 2.08. The summed E-state index contributed by atoms with van der Waals surface area (Å²) in [6.07, 6.45) is 16.4. The fourth-order valence-electron chi connectivity index (χ4n) is 2.66. The van der Waals surface area contributed by atoms with Gasteiger partial charge in [0, 0.05) is 12.0 Å². The third-order valence-corrected chi connectivity index (χ3v) is 5.21. The first-order valence-electron chi connectivity index (χ1n) is 13.7. The zero-order chi connectivity index (χ0) is 29.9.